The lowest BCUT2D eigenvalue weighted by Gasteiger charge is -2.07. The van der Waals surface area contributed by atoms with Crippen molar-refractivity contribution in [3.8, 4) is 0 Å². The number of aromatic nitrogens is 1. The number of carboxylic acid groups (broad SMARTS) is 1. The summed E-state index contributed by atoms with van der Waals surface area (Å²) in [6.07, 6.45) is 1.73. The van der Waals surface area contributed by atoms with Crippen LogP contribution in [0.3, 0.4) is 0 Å². The molecule has 0 aliphatic rings. The summed E-state index contributed by atoms with van der Waals surface area (Å²) >= 11 is 0. The number of hydrogen-bond donors (Lipinski definition) is 1. The molecule has 1 aromatic heterocycles. The standard InChI is InChI=1S/C10H13NO2/c1-6-5-11-9(4-10(12)13)8(3)7(6)2/h5H,4H2,1-3H3,(H,12,13). The van der Waals surface area contributed by atoms with Crippen LogP contribution < -0.4 is 0 Å². The molecular weight excluding hydrogens is 166 g/mol. The quantitative estimate of drug-likeness (QED) is 0.750. The lowest BCUT2D eigenvalue weighted by Crippen LogP contribution is -2.06. The molecule has 1 N–H and O–H groups in total. The number of hydrogen-bond acceptors (Lipinski definition) is 2. The van der Waals surface area contributed by atoms with Gasteiger partial charge in [0.15, 0.2) is 0 Å². The van der Waals surface area contributed by atoms with Crippen molar-refractivity contribution < 1.29 is 9.90 Å². The highest BCUT2D eigenvalue weighted by Gasteiger charge is 2.08. The van der Waals surface area contributed by atoms with Crippen molar-refractivity contribution in [1.29, 1.82) is 0 Å². The Hall–Kier alpha value is -1.38. The maximum absolute atomic E-state index is 10.5. The van der Waals surface area contributed by atoms with Gasteiger partial charge in [-0.3, -0.25) is 9.78 Å². The Morgan fingerprint density at radius 1 is 1.38 bits per heavy atom. The van der Waals surface area contributed by atoms with Crippen molar-refractivity contribution in [2.75, 3.05) is 0 Å². The van der Waals surface area contributed by atoms with E-state index >= 15 is 0 Å². The Bertz CT molecular complexity index is 345. The van der Waals surface area contributed by atoms with Crippen LogP contribution in [0.2, 0.25) is 0 Å². The molecule has 1 heterocycles. The van der Waals surface area contributed by atoms with Crippen LogP contribution in [0.5, 0.6) is 0 Å². The molecule has 3 heteroatoms. The number of nitrogens with zero attached hydrogens (tertiary/aromatic N) is 1. The van der Waals surface area contributed by atoms with E-state index in [0.29, 0.717) is 5.69 Å². The van der Waals surface area contributed by atoms with E-state index < -0.39 is 5.97 Å². The molecule has 0 amide bonds. The summed E-state index contributed by atoms with van der Waals surface area (Å²) in [6, 6.07) is 0. The Morgan fingerprint density at radius 3 is 2.54 bits per heavy atom. The molecule has 0 unspecified atom stereocenters. The second-order valence-corrected chi connectivity index (χ2v) is 3.21. The number of aliphatic carboxylic acids is 1. The van der Waals surface area contributed by atoms with Gasteiger partial charge in [0.2, 0.25) is 0 Å². The zero-order valence-corrected chi connectivity index (χ0v) is 8.09. The predicted molar refractivity (Wildman–Crippen MR) is 49.8 cm³/mol. The Labute approximate surface area is 77.4 Å². The van der Waals surface area contributed by atoms with E-state index in [0.717, 1.165) is 16.7 Å². The Morgan fingerprint density at radius 2 is 2.00 bits per heavy atom. The normalized spacial score (nSPS) is 10.1. The molecule has 1 rings (SSSR count). The number of carbonyl (C=O) groups is 1. The van der Waals surface area contributed by atoms with E-state index in [9.17, 15) is 4.79 Å². The van der Waals surface area contributed by atoms with E-state index in [2.05, 4.69) is 4.98 Å². The minimum Gasteiger partial charge on any atom is -0.481 e. The highest BCUT2D eigenvalue weighted by molar-refractivity contribution is 5.70. The first-order valence-corrected chi connectivity index (χ1v) is 4.16. The Balaban J connectivity index is 3.10. The Kier molecular flexibility index (Phi) is 2.66. The maximum atomic E-state index is 10.5. The van der Waals surface area contributed by atoms with E-state index in [1.165, 1.54) is 0 Å². The summed E-state index contributed by atoms with van der Waals surface area (Å²) in [7, 11) is 0. The lowest BCUT2D eigenvalue weighted by molar-refractivity contribution is -0.136. The molecule has 0 aliphatic heterocycles. The molecule has 0 aliphatic carbocycles. The van der Waals surface area contributed by atoms with Gasteiger partial charge in [0.25, 0.3) is 0 Å². The summed E-state index contributed by atoms with van der Waals surface area (Å²) in [5, 5.41) is 8.61. The topological polar surface area (TPSA) is 50.2 Å². The molecule has 0 saturated heterocycles. The van der Waals surface area contributed by atoms with Crippen LogP contribution in [0.4, 0.5) is 0 Å². The maximum Gasteiger partial charge on any atom is 0.309 e. The fourth-order valence-electron chi connectivity index (χ4n) is 1.20. The molecule has 3 nitrogen and oxygen atoms in total. The minimum atomic E-state index is -0.834. The monoisotopic (exact) mass is 179 g/mol. The first-order valence-electron chi connectivity index (χ1n) is 4.16. The largest absolute Gasteiger partial charge is 0.481 e. The third-order valence-corrected chi connectivity index (χ3v) is 2.32. The van der Waals surface area contributed by atoms with Crippen LogP contribution in [0.15, 0.2) is 6.20 Å². The first kappa shape index (κ1) is 9.71. The predicted octanol–water partition coefficient (Wildman–Crippen LogP) is 1.63. The lowest BCUT2D eigenvalue weighted by atomic mass is 10.0. The first-order chi connectivity index (χ1) is 6.02. The van der Waals surface area contributed by atoms with Gasteiger partial charge in [-0.25, -0.2) is 0 Å². The van der Waals surface area contributed by atoms with Crippen molar-refractivity contribution in [2.24, 2.45) is 0 Å². The summed E-state index contributed by atoms with van der Waals surface area (Å²) < 4.78 is 0. The summed E-state index contributed by atoms with van der Waals surface area (Å²) in [6.45, 7) is 5.87. The molecule has 0 bridgehead atoms. The molecule has 0 saturated carbocycles. The fourth-order valence-corrected chi connectivity index (χ4v) is 1.20. The highest BCUT2D eigenvalue weighted by Crippen LogP contribution is 2.14. The molecule has 0 spiro atoms. The van der Waals surface area contributed by atoms with E-state index in [1.807, 2.05) is 20.8 Å². The van der Waals surface area contributed by atoms with Crippen LogP contribution in [0.1, 0.15) is 22.4 Å². The molecule has 0 radical (unpaired) electrons. The SMILES string of the molecule is Cc1cnc(CC(=O)O)c(C)c1C. The van der Waals surface area contributed by atoms with Crippen LogP contribution in [0, 0.1) is 20.8 Å². The van der Waals surface area contributed by atoms with Gasteiger partial charge >= 0.3 is 5.97 Å². The second kappa shape index (κ2) is 3.56. The zero-order chi connectivity index (χ0) is 10.0. The number of aryl methyl sites for hydroxylation is 1. The molecule has 70 valence electrons. The summed E-state index contributed by atoms with van der Waals surface area (Å²) in [5.74, 6) is -0.834. The van der Waals surface area contributed by atoms with Crippen LogP contribution in [-0.2, 0) is 11.2 Å². The second-order valence-electron chi connectivity index (χ2n) is 3.21. The smallest absolute Gasteiger partial charge is 0.309 e. The third-order valence-electron chi connectivity index (χ3n) is 2.32. The molecule has 0 aromatic carbocycles. The van der Waals surface area contributed by atoms with Crippen LogP contribution in [-0.4, -0.2) is 16.1 Å². The van der Waals surface area contributed by atoms with Gasteiger partial charge in [0.1, 0.15) is 0 Å². The highest BCUT2D eigenvalue weighted by atomic mass is 16.4. The van der Waals surface area contributed by atoms with Gasteiger partial charge in [0.05, 0.1) is 12.1 Å². The van der Waals surface area contributed by atoms with Crippen molar-refractivity contribution in [2.45, 2.75) is 27.2 Å². The van der Waals surface area contributed by atoms with Crippen LogP contribution in [0.25, 0.3) is 0 Å². The van der Waals surface area contributed by atoms with Crippen molar-refractivity contribution in [1.82, 2.24) is 4.98 Å². The van der Waals surface area contributed by atoms with Gasteiger partial charge in [-0.15, -0.1) is 0 Å². The van der Waals surface area contributed by atoms with Gasteiger partial charge in [0, 0.05) is 6.20 Å². The van der Waals surface area contributed by atoms with E-state index in [1.54, 1.807) is 6.20 Å². The minimum absolute atomic E-state index is 0.00690. The van der Waals surface area contributed by atoms with Gasteiger partial charge in [-0.2, -0.15) is 0 Å². The van der Waals surface area contributed by atoms with E-state index in [4.69, 9.17) is 5.11 Å². The van der Waals surface area contributed by atoms with Gasteiger partial charge < -0.3 is 5.11 Å². The van der Waals surface area contributed by atoms with Crippen molar-refractivity contribution in [3.05, 3.63) is 28.6 Å². The van der Waals surface area contributed by atoms with Crippen molar-refractivity contribution in [3.63, 3.8) is 0 Å². The van der Waals surface area contributed by atoms with Crippen LogP contribution >= 0.6 is 0 Å². The van der Waals surface area contributed by atoms with Crippen molar-refractivity contribution >= 4 is 5.97 Å². The number of rotatable bonds is 2. The number of pyridine rings is 1. The molecular formula is C10H13NO2. The zero-order valence-electron chi connectivity index (χ0n) is 8.09. The van der Waals surface area contributed by atoms with Gasteiger partial charge in [-0.1, -0.05) is 0 Å². The molecule has 13 heavy (non-hydrogen) atoms. The third kappa shape index (κ3) is 2.05. The molecule has 1 aromatic rings. The fraction of sp³-hybridized carbons (Fsp3) is 0.400. The molecule has 0 atom stereocenters. The van der Waals surface area contributed by atoms with E-state index in [-0.39, 0.29) is 6.42 Å². The number of carboxylic acids is 1. The summed E-state index contributed by atoms with van der Waals surface area (Å²) in [5.41, 5.74) is 3.89. The average Bonchev–Trinajstić information content (AvgIpc) is 2.06. The molecule has 0 fully saturated rings. The average molecular weight is 179 g/mol. The summed E-state index contributed by atoms with van der Waals surface area (Å²) in [4.78, 5) is 14.6. The van der Waals surface area contributed by atoms with Gasteiger partial charge in [-0.05, 0) is 37.5 Å².